The monoisotopic (exact) mass is 394 g/mol. The number of hydrogen-bond acceptors (Lipinski definition) is 4. The smallest absolute Gasteiger partial charge is 0.491 e. The SMILES string of the molecule is CC(C)Oc1ccc(OC(F)(F)F)cc1CNC1CCNC1c1ccccc1. The molecule has 0 radical (unpaired) electrons. The largest absolute Gasteiger partial charge is 0.573 e. The minimum absolute atomic E-state index is 0.0849. The minimum atomic E-state index is -4.72. The van der Waals surface area contributed by atoms with Crippen LogP contribution in [0.4, 0.5) is 13.2 Å². The van der Waals surface area contributed by atoms with E-state index in [0.29, 0.717) is 17.9 Å². The fourth-order valence-electron chi connectivity index (χ4n) is 3.43. The van der Waals surface area contributed by atoms with Gasteiger partial charge in [0, 0.05) is 24.2 Å². The molecule has 0 saturated carbocycles. The van der Waals surface area contributed by atoms with Crippen molar-refractivity contribution in [3.63, 3.8) is 0 Å². The first-order valence-corrected chi connectivity index (χ1v) is 9.39. The molecule has 1 aliphatic heterocycles. The Morgan fingerprint density at radius 2 is 1.89 bits per heavy atom. The average molecular weight is 394 g/mol. The van der Waals surface area contributed by atoms with Gasteiger partial charge in [0.1, 0.15) is 11.5 Å². The van der Waals surface area contributed by atoms with Crippen LogP contribution >= 0.6 is 0 Å². The summed E-state index contributed by atoms with van der Waals surface area (Å²) in [7, 11) is 0. The van der Waals surface area contributed by atoms with Gasteiger partial charge in [0.25, 0.3) is 0 Å². The molecule has 2 atom stereocenters. The zero-order valence-corrected chi connectivity index (χ0v) is 15.9. The van der Waals surface area contributed by atoms with Crippen LogP contribution in [0.3, 0.4) is 0 Å². The van der Waals surface area contributed by atoms with Gasteiger partial charge in [-0.2, -0.15) is 0 Å². The maximum Gasteiger partial charge on any atom is 0.573 e. The molecule has 1 aliphatic rings. The van der Waals surface area contributed by atoms with Crippen LogP contribution in [0.15, 0.2) is 48.5 Å². The van der Waals surface area contributed by atoms with Gasteiger partial charge in [-0.1, -0.05) is 30.3 Å². The summed E-state index contributed by atoms with van der Waals surface area (Å²) in [5.41, 5.74) is 1.82. The van der Waals surface area contributed by atoms with Gasteiger partial charge in [-0.05, 0) is 50.6 Å². The van der Waals surface area contributed by atoms with Crippen molar-refractivity contribution in [3.05, 3.63) is 59.7 Å². The molecule has 0 spiro atoms. The Bertz CT molecular complexity index is 766. The van der Waals surface area contributed by atoms with Gasteiger partial charge in [-0.3, -0.25) is 0 Å². The molecule has 0 aliphatic carbocycles. The molecule has 2 unspecified atom stereocenters. The molecule has 0 amide bonds. The van der Waals surface area contributed by atoms with Crippen LogP contribution in [0.25, 0.3) is 0 Å². The third-order valence-corrected chi connectivity index (χ3v) is 4.56. The van der Waals surface area contributed by atoms with E-state index in [2.05, 4.69) is 27.5 Å². The van der Waals surface area contributed by atoms with E-state index in [4.69, 9.17) is 4.74 Å². The molecule has 4 nitrogen and oxygen atoms in total. The number of hydrogen-bond donors (Lipinski definition) is 2. The highest BCUT2D eigenvalue weighted by atomic mass is 19.4. The second kappa shape index (κ2) is 8.84. The van der Waals surface area contributed by atoms with Crippen LogP contribution in [0.5, 0.6) is 11.5 Å². The highest BCUT2D eigenvalue weighted by Gasteiger charge is 2.32. The molecule has 1 saturated heterocycles. The number of rotatable bonds is 7. The molecule has 3 rings (SSSR count). The molecule has 28 heavy (non-hydrogen) atoms. The summed E-state index contributed by atoms with van der Waals surface area (Å²) in [5.74, 6) is 0.309. The average Bonchev–Trinajstić information content (AvgIpc) is 3.09. The van der Waals surface area contributed by atoms with E-state index in [-0.39, 0.29) is 23.9 Å². The van der Waals surface area contributed by atoms with Gasteiger partial charge < -0.3 is 20.1 Å². The predicted octanol–water partition coefficient (Wildman–Crippen LogP) is 4.57. The van der Waals surface area contributed by atoms with Crippen LogP contribution in [0.2, 0.25) is 0 Å². The van der Waals surface area contributed by atoms with Crippen LogP contribution < -0.4 is 20.1 Å². The van der Waals surface area contributed by atoms with E-state index < -0.39 is 6.36 Å². The van der Waals surface area contributed by atoms with Crippen molar-refractivity contribution in [1.82, 2.24) is 10.6 Å². The van der Waals surface area contributed by atoms with Crippen molar-refractivity contribution in [2.24, 2.45) is 0 Å². The van der Waals surface area contributed by atoms with Crippen LogP contribution in [0.1, 0.15) is 37.4 Å². The van der Waals surface area contributed by atoms with Crippen molar-refractivity contribution in [1.29, 1.82) is 0 Å². The Hall–Kier alpha value is -2.25. The van der Waals surface area contributed by atoms with Crippen molar-refractivity contribution in [2.75, 3.05) is 6.54 Å². The fourth-order valence-corrected chi connectivity index (χ4v) is 3.43. The minimum Gasteiger partial charge on any atom is -0.491 e. The zero-order chi connectivity index (χ0) is 20.1. The lowest BCUT2D eigenvalue weighted by atomic mass is 10.0. The van der Waals surface area contributed by atoms with Gasteiger partial charge in [0.15, 0.2) is 0 Å². The molecule has 1 fully saturated rings. The molecule has 0 bridgehead atoms. The van der Waals surface area contributed by atoms with Gasteiger partial charge in [0.05, 0.1) is 6.10 Å². The second-order valence-corrected chi connectivity index (χ2v) is 7.10. The van der Waals surface area contributed by atoms with Gasteiger partial charge in [-0.15, -0.1) is 13.2 Å². The first kappa shape index (κ1) is 20.5. The molecule has 7 heteroatoms. The van der Waals surface area contributed by atoms with Gasteiger partial charge >= 0.3 is 6.36 Å². The van der Waals surface area contributed by atoms with E-state index in [1.807, 2.05) is 32.0 Å². The van der Waals surface area contributed by atoms with Crippen molar-refractivity contribution >= 4 is 0 Å². The molecule has 2 aromatic rings. The van der Waals surface area contributed by atoms with E-state index >= 15 is 0 Å². The predicted molar refractivity (Wildman–Crippen MR) is 101 cm³/mol. The van der Waals surface area contributed by atoms with E-state index in [9.17, 15) is 13.2 Å². The summed E-state index contributed by atoms with van der Waals surface area (Å²) in [4.78, 5) is 0. The number of halogens is 3. The number of alkyl halides is 3. The van der Waals surface area contributed by atoms with Gasteiger partial charge in [-0.25, -0.2) is 0 Å². The fraction of sp³-hybridized carbons (Fsp3) is 0.429. The highest BCUT2D eigenvalue weighted by Crippen LogP contribution is 2.30. The number of nitrogens with one attached hydrogen (secondary N) is 2. The third kappa shape index (κ3) is 5.62. The molecular weight excluding hydrogens is 369 g/mol. The Kier molecular flexibility index (Phi) is 6.46. The summed E-state index contributed by atoms with van der Waals surface area (Å²) in [6.07, 6.45) is -3.88. The van der Waals surface area contributed by atoms with Crippen molar-refractivity contribution < 1.29 is 22.6 Å². The molecule has 1 heterocycles. The Morgan fingerprint density at radius 3 is 2.57 bits per heavy atom. The molecule has 152 valence electrons. The van der Waals surface area contributed by atoms with Crippen LogP contribution in [-0.2, 0) is 6.54 Å². The molecule has 2 aromatic carbocycles. The summed E-state index contributed by atoms with van der Waals surface area (Å²) >= 11 is 0. The Labute approximate surface area is 163 Å². The lowest BCUT2D eigenvalue weighted by Crippen LogP contribution is -2.34. The van der Waals surface area contributed by atoms with Crippen molar-refractivity contribution in [2.45, 2.75) is 51.4 Å². The normalized spacial score (nSPS) is 19.8. The van der Waals surface area contributed by atoms with E-state index in [0.717, 1.165) is 13.0 Å². The summed E-state index contributed by atoms with van der Waals surface area (Å²) in [6.45, 7) is 5.02. The maximum absolute atomic E-state index is 12.6. The number of benzene rings is 2. The highest BCUT2D eigenvalue weighted by molar-refractivity contribution is 5.40. The zero-order valence-electron chi connectivity index (χ0n) is 15.9. The molecular formula is C21H25F3N2O2. The van der Waals surface area contributed by atoms with Crippen LogP contribution in [-0.4, -0.2) is 25.1 Å². The van der Waals surface area contributed by atoms with Crippen molar-refractivity contribution in [3.8, 4) is 11.5 Å². The van der Waals surface area contributed by atoms with Gasteiger partial charge in [0.2, 0.25) is 0 Å². The van der Waals surface area contributed by atoms with Crippen LogP contribution in [0, 0.1) is 0 Å². The lowest BCUT2D eigenvalue weighted by molar-refractivity contribution is -0.274. The Morgan fingerprint density at radius 1 is 1.14 bits per heavy atom. The quantitative estimate of drug-likeness (QED) is 0.722. The first-order chi connectivity index (χ1) is 13.3. The lowest BCUT2D eigenvalue weighted by Gasteiger charge is -2.23. The summed E-state index contributed by atoms with van der Waals surface area (Å²) in [6, 6.07) is 14.6. The molecule has 0 aromatic heterocycles. The molecule has 2 N–H and O–H groups in total. The third-order valence-electron chi connectivity index (χ3n) is 4.56. The topological polar surface area (TPSA) is 42.5 Å². The summed E-state index contributed by atoms with van der Waals surface area (Å²) < 4.78 is 47.6. The Balaban J connectivity index is 1.74. The van der Waals surface area contributed by atoms with E-state index in [1.165, 1.54) is 23.8 Å². The van der Waals surface area contributed by atoms with E-state index in [1.54, 1.807) is 0 Å². The first-order valence-electron chi connectivity index (χ1n) is 9.39. The summed E-state index contributed by atoms with van der Waals surface area (Å²) in [5, 5.41) is 6.95. The number of ether oxygens (including phenoxy) is 2. The second-order valence-electron chi connectivity index (χ2n) is 7.10. The standard InChI is InChI=1S/C21H25F3N2O2/c1-14(2)27-19-9-8-17(28-21(22,23)24)12-16(19)13-26-18-10-11-25-20(18)15-6-4-3-5-7-15/h3-9,12,14,18,20,25-26H,10-11,13H2,1-2H3. The maximum atomic E-state index is 12.6.